The van der Waals surface area contributed by atoms with Crippen LogP contribution in [0.3, 0.4) is 0 Å². The number of aryl methyl sites for hydroxylation is 1. The molecule has 1 N–H and O–H groups in total. The second-order valence-corrected chi connectivity index (χ2v) is 8.00. The summed E-state index contributed by atoms with van der Waals surface area (Å²) in [6.45, 7) is 4.91. The van der Waals surface area contributed by atoms with Crippen molar-refractivity contribution in [1.82, 2.24) is 19.8 Å². The Hall–Kier alpha value is -2.26. The molecule has 9 heteroatoms. The van der Waals surface area contributed by atoms with Crippen LogP contribution in [0.15, 0.2) is 33.7 Å². The van der Waals surface area contributed by atoms with E-state index < -0.39 is 16.1 Å². The fourth-order valence-electron chi connectivity index (χ4n) is 2.92. The van der Waals surface area contributed by atoms with Crippen molar-refractivity contribution in [2.45, 2.75) is 44.0 Å². The van der Waals surface area contributed by atoms with E-state index in [0.717, 1.165) is 12.8 Å². The average molecular weight is 378 g/mol. The van der Waals surface area contributed by atoms with Gasteiger partial charge in [0.05, 0.1) is 4.90 Å². The molecule has 2 aromatic rings. The first kappa shape index (κ1) is 18.5. The molecule has 1 saturated heterocycles. The lowest BCUT2D eigenvalue weighted by Gasteiger charge is -2.17. The van der Waals surface area contributed by atoms with Gasteiger partial charge in [-0.2, -0.15) is 9.71 Å². The van der Waals surface area contributed by atoms with Crippen molar-refractivity contribution >= 4 is 15.9 Å². The first-order valence-electron chi connectivity index (χ1n) is 8.62. The van der Waals surface area contributed by atoms with Gasteiger partial charge in [0.25, 0.3) is 5.91 Å². The van der Waals surface area contributed by atoms with Crippen LogP contribution in [0.5, 0.6) is 0 Å². The highest BCUT2D eigenvalue weighted by Crippen LogP contribution is 2.21. The predicted octanol–water partition coefficient (Wildman–Crippen LogP) is 2.04. The topological polar surface area (TPSA) is 105 Å². The number of carbonyl (C=O) groups excluding carboxylic acids is 1. The molecular formula is C17H22N4O4S. The van der Waals surface area contributed by atoms with Gasteiger partial charge in [0, 0.05) is 18.7 Å². The Morgan fingerprint density at radius 1 is 1.35 bits per heavy atom. The zero-order valence-electron chi connectivity index (χ0n) is 14.8. The molecule has 0 radical (unpaired) electrons. The van der Waals surface area contributed by atoms with Crippen molar-refractivity contribution in [3.05, 3.63) is 41.5 Å². The number of nitrogens with zero attached hydrogens (tertiary/aromatic N) is 3. The molecule has 0 unspecified atom stereocenters. The van der Waals surface area contributed by atoms with Crippen molar-refractivity contribution < 1.29 is 17.7 Å². The van der Waals surface area contributed by atoms with Gasteiger partial charge in [0.1, 0.15) is 6.04 Å². The molecule has 1 fully saturated rings. The summed E-state index contributed by atoms with van der Waals surface area (Å²) < 4.78 is 33.2. The minimum Gasteiger partial charge on any atom is -0.339 e. The molecule has 1 aliphatic heterocycles. The van der Waals surface area contributed by atoms with Gasteiger partial charge in [-0.25, -0.2) is 8.42 Å². The highest BCUT2D eigenvalue weighted by Gasteiger charge is 2.26. The van der Waals surface area contributed by atoms with Crippen LogP contribution in [0.4, 0.5) is 0 Å². The Kier molecular flexibility index (Phi) is 5.38. The number of hydrogen-bond donors (Lipinski definition) is 1. The van der Waals surface area contributed by atoms with E-state index in [-0.39, 0.29) is 16.7 Å². The summed E-state index contributed by atoms with van der Waals surface area (Å²) in [6.07, 6.45) is 2.41. The van der Waals surface area contributed by atoms with Crippen LogP contribution in [-0.2, 0) is 10.0 Å². The summed E-state index contributed by atoms with van der Waals surface area (Å²) in [4.78, 5) is 18.4. The number of aromatic nitrogens is 2. The van der Waals surface area contributed by atoms with E-state index in [1.165, 1.54) is 12.1 Å². The SMILES string of the molecule is CC[C@@H](NS(=O)(=O)c1cccc(C(=O)N2CCCC2)c1)c1nc(C)no1. The average Bonchev–Trinajstić information content (AvgIpc) is 3.31. The number of amides is 1. The predicted molar refractivity (Wildman–Crippen MR) is 94.0 cm³/mol. The maximum atomic E-state index is 12.8. The Morgan fingerprint density at radius 2 is 2.08 bits per heavy atom. The smallest absolute Gasteiger partial charge is 0.253 e. The Balaban J connectivity index is 1.82. The lowest BCUT2D eigenvalue weighted by atomic mass is 10.2. The maximum Gasteiger partial charge on any atom is 0.253 e. The minimum atomic E-state index is -3.84. The summed E-state index contributed by atoms with van der Waals surface area (Å²) in [7, 11) is -3.84. The second kappa shape index (κ2) is 7.55. The van der Waals surface area contributed by atoms with Crippen LogP contribution in [0.2, 0.25) is 0 Å². The molecule has 1 aliphatic rings. The molecule has 0 spiro atoms. The standard InChI is InChI=1S/C17H22N4O4S/c1-3-15(16-18-12(2)19-25-16)20-26(23,24)14-8-6-7-13(11-14)17(22)21-9-4-5-10-21/h6-8,11,15,20H,3-5,9-10H2,1-2H3/t15-/m1/s1. The summed E-state index contributed by atoms with van der Waals surface area (Å²) >= 11 is 0. The van der Waals surface area contributed by atoms with E-state index in [0.29, 0.717) is 30.9 Å². The zero-order valence-corrected chi connectivity index (χ0v) is 15.6. The first-order chi connectivity index (χ1) is 12.4. The largest absolute Gasteiger partial charge is 0.339 e. The van der Waals surface area contributed by atoms with Crippen molar-refractivity contribution in [3.8, 4) is 0 Å². The van der Waals surface area contributed by atoms with Gasteiger partial charge in [-0.05, 0) is 44.4 Å². The van der Waals surface area contributed by atoms with Gasteiger partial charge in [-0.1, -0.05) is 18.1 Å². The molecule has 3 rings (SSSR count). The molecule has 1 aromatic heterocycles. The molecule has 0 bridgehead atoms. The quantitative estimate of drug-likeness (QED) is 0.825. The first-order valence-corrected chi connectivity index (χ1v) is 10.1. The molecule has 2 heterocycles. The number of nitrogens with one attached hydrogen (secondary N) is 1. The number of benzene rings is 1. The third-order valence-electron chi connectivity index (χ3n) is 4.33. The molecule has 1 amide bonds. The number of rotatable bonds is 6. The van der Waals surface area contributed by atoms with Crippen LogP contribution in [-0.4, -0.2) is 42.5 Å². The summed E-state index contributed by atoms with van der Waals surface area (Å²) in [5.74, 6) is 0.521. The summed E-state index contributed by atoms with van der Waals surface area (Å²) in [5, 5.41) is 3.70. The molecule has 0 aliphatic carbocycles. The highest BCUT2D eigenvalue weighted by atomic mass is 32.2. The van der Waals surface area contributed by atoms with Gasteiger partial charge in [0.15, 0.2) is 5.82 Å². The Bertz CT molecular complexity index is 888. The van der Waals surface area contributed by atoms with E-state index in [2.05, 4.69) is 14.9 Å². The van der Waals surface area contributed by atoms with Crippen LogP contribution < -0.4 is 4.72 Å². The van der Waals surface area contributed by atoms with Crippen LogP contribution in [0.1, 0.15) is 54.3 Å². The monoisotopic (exact) mass is 378 g/mol. The number of carbonyl (C=O) groups is 1. The van der Waals surface area contributed by atoms with Gasteiger partial charge >= 0.3 is 0 Å². The van der Waals surface area contributed by atoms with Gasteiger partial charge in [0.2, 0.25) is 15.9 Å². The summed E-state index contributed by atoms with van der Waals surface area (Å²) in [5.41, 5.74) is 0.372. The molecule has 1 aromatic carbocycles. The van der Waals surface area contributed by atoms with E-state index in [4.69, 9.17) is 4.52 Å². The van der Waals surface area contributed by atoms with Gasteiger partial charge in [-0.3, -0.25) is 4.79 Å². The van der Waals surface area contributed by atoms with Crippen molar-refractivity contribution in [3.63, 3.8) is 0 Å². The number of sulfonamides is 1. The van der Waals surface area contributed by atoms with Crippen LogP contribution in [0.25, 0.3) is 0 Å². The lowest BCUT2D eigenvalue weighted by Crippen LogP contribution is -2.30. The third-order valence-corrected chi connectivity index (χ3v) is 5.80. The van der Waals surface area contributed by atoms with Gasteiger partial charge < -0.3 is 9.42 Å². The van der Waals surface area contributed by atoms with Crippen molar-refractivity contribution in [2.24, 2.45) is 0 Å². The number of hydrogen-bond acceptors (Lipinski definition) is 6. The fraction of sp³-hybridized carbons (Fsp3) is 0.471. The lowest BCUT2D eigenvalue weighted by molar-refractivity contribution is 0.0792. The van der Waals surface area contributed by atoms with Crippen molar-refractivity contribution in [1.29, 1.82) is 0 Å². The number of likely N-dealkylation sites (tertiary alicyclic amines) is 1. The van der Waals surface area contributed by atoms with Gasteiger partial charge in [-0.15, -0.1) is 0 Å². The van der Waals surface area contributed by atoms with E-state index in [1.807, 2.05) is 6.92 Å². The fourth-order valence-corrected chi connectivity index (χ4v) is 4.24. The maximum absolute atomic E-state index is 12.8. The molecular weight excluding hydrogens is 356 g/mol. The van der Waals surface area contributed by atoms with E-state index >= 15 is 0 Å². The second-order valence-electron chi connectivity index (χ2n) is 6.29. The Labute approximate surface area is 152 Å². The molecule has 140 valence electrons. The minimum absolute atomic E-state index is 0.0391. The normalized spacial score (nSPS) is 16.0. The van der Waals surface area contributed by atoms with Crippen LogP contribution >= 0.6 is 0 Å². The molecule has 1 atom stereocenters. The highest BCUT2D eigenvalue weighted by molar-refractivity contribution is 7.89. The summed E-state index contributed by atoms with van der Waals surface area (Å²) in [6, 6.07) is 5.47. The van der Waals surface area contributed by atoms with E-state index in [9.17, 15) is 13.2 Å². The zero-order chi connectivity index (χ0) is 18.7. The third kappa shape index (κ3) is 3.94. The Morgan fingerprint density at radius 3 is 2.69 bits per heavy atom. The molecule has 8 nitrogen and oxygen atoms in total. The molecule has 26 heavy (non-hydrogen) atoms. The molecule has 0 saturated carbocycles. The van der Waals surface area contributed by atoms with E-state index in [1.54, 1.807) is 24.0 Å². The van der Waals surface area contributed by atoms with Crippen LogP contribution in [0, 0.1) is 6.92 Å². The van der Waals surface area contributed by atoms with Crippen molar-refractivity contribution in [2.75, 3.05) is 13.1 Å².